The highest BCUT2D eigenvalue weighted by atomic mass is 16.2. The normalized spacial score (nSPS) is 10.3. The van der Waals surface area contributed by atoms with E-state index < -0.39 is 11.2 Å². The van der Waals surface area contributed by atoms with E-state index in [1.165, 1.54) is 10.8 Å². The lowest BCUT2D eigenvalue weighted by molar-refractivity contribution is 0.894. The number of nitrogens with zero attached hydrogens (tertiary/aromatic N) is 3. The van der Waals surface area contributed by atoms with Crippen molar-refractivity contribution in [2.75, 3.05) is 0 Å². The molecule has 0 saturated heterocycles. The zero-order chi connectivity index (χ0) is 14.1. The van der Waals surface area contributed by atoms with Crippen LogP contribution in [-0.2, 0) is 0 Å². The Balaban J connectivity index is 2.41. The van der Waals surface area contributed by atoms with Gasteiger partial charge in [0.2, 0.25) is 0 Å². The summed E-state index contributed by atoms with van der Waals surface area (Å²) in [5, 5.41) is 9.65. The number of fused-ring (bicyclic) bond motifs is 1. The van der Waals surface area contributed by atoms with Crippen LogP contribution in [0.5, 0.6) is 0 Å². The number of H-pyrrole nitrogens is 1. The Hall–Kier alpha value is -3.20. The molecule has 0 spiro atoms. The summed E-state index contributed by atoms with van der Waals surface area (Å²) < 4.78 is 1.24. The molecule has 0 amide bonds. The van der Waals surface area contributed by atoms with E-state index in [2.05, 4.69) is 9.97 Å². The Morgan fingerprint density at radius 3 is 2.85 bits per heavy atom. The summed E-state index contributed by atoms with van der Waals surface area (Å²) in [5.74, 6) is 0. The van der Waals surface area contributed by atoms with E-state index >= 15 is 0 Å². The van der Waals surface area contributed by atoms with Crippen molar-refractivity contribution < 1.29 is 0 Å². The van der Waals surface area contributed by atoms with Crippen LogP contribution in [0.1, 0.15) is 5.56 Å². The fourth-order valence-corrected chi connectivity index (χ4v) is 2.03. The third-order valence-electron chi connectivity index (χ3n) is 2.94. The molecule has 6 nitrogen and oxygen atoms in total. The fourth-order valence-electron chi connectivity index (χ4n) is 2.03. The standard InChI is InChI=1S/C14H8N4O2/c15-7-9-8-18(14(20)17-13(9)19)12-5-1-4-11-10(12)3-2-6-16-11/h1-6,8H,(H,17,19,20). The molecular formula is C14H8N4O2. The molecule has 2 heterocycles. The molecule has 0 atom stereocenters. The van der Waals surface area contributed by atoms with E-state index in [1.807, 2.05) is 12.1 Å². The number of aromatic amines is 1. The van der Waals surface area contributed by atoms with Gasteiger partial charge >= 0.3 is 5.69 Å². The second-order valence-corrected chi connectivity index (χ2v) is 4.13. The molecule has 0 aliphatic heterocycles. The Morgan fingerprint density at radius 1 is 1.20 bits per heavy atom. The summed E-state index contributed by atoms with van der Waals surface area (Å²) in [6, 6.07) is 10.6. The van der Waals surface area contributed by atoms with Crippen molar-refractivity contribution in [1.29, 1.82) is 5.26 Å². The van der Waals surface area contributed by atoms with Crippen LogP contribution in [0.4, 0.5) is 0 Å². The van der Waals surface area contributed by atoms with Crippen LogP contribution in [0.3, 0.4) is 0 Å². The second-order valence-electron chi connectivity index (χ2n) is 4.13. The van der Waals surface area contributed by atoms with E-state index in [9.17, 15) is 9.59 Å². The van der Waals surface area contributed by atoms with Gasteiger partial charge in [0, 0.05) is 17.8 Å². The number of hydrogen-bond acceptors (Lipinski definition) is 4. The van der Waals surface area contributed by atoms with Crippen molar-refractivity contribution in [3.05, 3.63) is 69.1 Å². The van der Waals surface area contributed by atoms with E-state index in [4.69, 9.17) is 5.26 Å². The van der Waals surface area contributed by atoms with Gasteiger partial charge < -0.3 is 0 Å². The van der Waals surface area contributed by atoms with Crippen molar-refractivity contribution in [3.8, 4) is 11.8 Å². The first kappa shape index (κ1) is 11.9. The smallest absolute Gasteiger partial charge is 0.273 e. The van der Waals surface area contributed by atoms with Crippen molar-refractivity contribution in [2.45, 2.75) is 0 Å². The molecule has 0 radical (unpaired) electrons. The largest absolute Gasteiger partial charge is 0.333 e. The van der Waals surface area contributed by atoms with Crippen LogP contribution in [0.15, 0.2) is 52.3 Å². The molecular weight excluding hydrogens is 256 g/mol. The first-order valence-electron chi connectivity index (χ1n) is 5.81. The van der Waals surface area contributed by atoms with Gasteiger partial charge in [0.1, 0.15) is 11.6 Å². The highest BCUT2D eigenvalue weighted by Gasteiger charge is 2.08. The minimum atomic E-state index is -0.688. The minimum absolute atomic E-state index is 0.120. The van der Waals surface area contributed by atoms with E-state index in [1.54, 1.807) is 30.5 Å². The molecule has 1 N–H and O–H groups in total. The average Bonchev–Trinajstić information content (AvgIpc) is 2.47. The first-order chi connectivity index (χ1) is 9.70. The molecule has 0 aliphatic rings. The quantitative estimate of drug-likeness (QED) is 0.708. The molecule has 3 aromatic rings. The van der Waals surface area contributed by atoms with Crippen molar-refractivity contribution in [2.24, 2.45) is 0 Å². The zero-order valence-electron chi connectivity index (χ0n) is 10.2. The number of nitrogens with one attached hydrogen (secondary N) is 1. The summed E-state index contributed by atoms with van der Waals surface area (Å²) in [5.41, 5.74) is -0.113. The monoisotopic (exact) mass is 264 g/mol. The molecule has 2 aromatic heterocycles. The molecule has 0 fully saturated rings. The van der Waals surface area contributed by atoms with Gasteiger partial charge in [-0.25, -0.2) is 4.79 Å². The molecule has 6 heteroatoms. The van der Waals surface area contributed by atoms with Gasteiger partial charge in [0.25, 0.3) is 5.56 Å². The molecule has 3 rings (SSSR count). The number of rotatable bonds is 1. The van der Waals surface area contributed by atoms with E-state index in [0.717, 1.165) is 10.9 Å². The predicted octanol–water partition coefficient (Wildman–Crippen LogP) is 0.946. The molecule has 1 aromatic carbocycles. The van der Waals surface area contributed by atoms with E-state index in [-0.39, 0.29) is 5.56 Å². The number of benzene rings is 1. The molecule has 0 aliphatic carbocycles. The number of pyridine rings is 1. The van der Waals surface area contributed by atoms with Crippen LogP contribution in [-0.4, -0.2) is 14.5 Å². The maximum absolute atomic E-state index is 11.9. The molecule has 0 saturated carbocycles. The minimum Gasteiger partial charge on any atom is -0.273 e. The number of aromatic nitrogens is 3. The van der Waals surface area contributed by atoms with Gasteiger partial charge in [-0.15, -0.1) is 0 Å². The molecule has 0 bridgehead atoms. The summed E-state index contributed by atoms with van der Waals surface area (Å²) in [6.45, 7) is 0. The Morgan fingerprint density at radius 2 is 2.05 bits per heavy atom. The van der Waals surface area contributed by atoms with Gasteiger partial charge in [0.05, 0.1) is 11.2 Å². The predicted molar refractivity (Wildman–Crippen MR) is 72.7 cm³/mol. The molecule has 20 heavy (non-hydrogen) atoms. The lowest BCUT2D eigenvalue weighted by Gasteiger charge is -2.08. The Labute approximate surface area is 112 Å². The number of nitriles is 1. The van der Waals surface area contributed by atoms with Gasteiger partial charge in [-0.3, -0.25) is 19.3 Å². The number of hydrogen-bond donors (Lipinski definition) is 1. The third-order valence-corrected chi connectivity index (χ3v) is 2.94. The van der Waals surface area contributed by atoms with Crippen LogP contribution < -0.4 is 11.2 Å². The van der Waals surface area contributed by atoms with Crippen LogP contribution in [0.25, 0.3) is 16.6 Å². The molecule has 96 valence electrons. The lowest BCUT2D eigenvalue weighted by Crippen LogP contribution is -2.30. The molecule has 0 unspecified atom stereocenters. The van der Waals surface area contributed by atoms with Crippen LogP contribution >= 0.6 is 0 Å². The fraction of sp³-hybridized carbons (Fsp3) is 0. The first-order valence-corrected chi connectivity index (χ1v) is 5.81. The van der Waals surface area contributed by atoms with Gasteiger partial charge in [-0.1, -0.05) is 6.07 Å². The third kappa shape index (κ3) is 1.78. The second kappa shape index (κ2) is 4.48. The zero-order valence-corrected chi connectivity index (χ0v) is 10.2. The SMILES string of the molecule is N#Cc1cn(-c2cccc3ncccc23)c(=O)[nH]c1=O. The van der Waals surface area contributed by atoms with Gasteiger partial charge in [-0.2, -0.15) is 5.26 Å². The summed E-state index contributed by atoms with van der Waals surface area (Å²) in [4.78, 5) is 29.7. The Bertz CT molecular complexity index is 958. The topological polar surface area (TPSA) is 91.5 Å². The highest BCUT2D eigenvalue weighted by molar-refractivity contribution is 5.86. The highest BCUT2D eigenvalue weighted by Crippen LogP contribution is 2.18. The average molecular weight is 264 g/mol. The van der Waals surface area contributed by atoms with Gasteiger partial charge in [-0.05, 0) is 24.3 Å². The van der Waals surface area contributed by atoms with E-state index in [0.29, 0.717) is 5.69 Å². The van der Waals surface area contributed by atoms with Crippen LogP contribution in [0, 0.1) is 11.3 Å². The Kier molecular flexibility index (Phi) is 2.66. The van der Waals surface area contributed by atoms with Crippen molar-refractivity contribution in [3.63, 3.8) is 0 Å². The summed E-state index contributed by atoms with van der Waals surface area (Å²) in [6.07, 6.45) is 2.89. The van der Waals surface area contributed by atoms with Crippen molar-refractivity contribution in [1.82, 2.24) is 14.5 Å². The maximum atomic E-state index is 11.9. The maximum Gasteiger partial charge on any atom is 0.333 e. The summed E-state index contributed by atoms with van der Waals surface area (Å²) >= 11 is 0. The van der Waals surface area contributed by atoms with Crippen LogP contribution in [0.2, 0.25) is 0 Å². The van der Waals surface area contributed by atoms with Crippen molar-refractivity contribution >= 4 is 10.9 Å². The lowest BCUT2D eigenvalue weighted by atomic mass is 10.2. The van der Waals surface area contributed by atoms with Gasteiger partial charge in [0.15, 0.2) is 0 Å². The summed E-state index contributed by atoms with van der Waals surface area (Å²) in [7, 11) is 0.